The first kappa shape index (κ1) is 23.1. The first-order valence-corrected chi connectivity index (χ1v) is 15.0. The van der Waals surface area contributed by atoms with E-state index < -0.39 is 17.0 Å². The minimum Gasteiger partial charge on any atom is -0.374 e. The molecule has 0 aromatic heterocycles. The highest BCUT2D eigenvalue weighted by molar-refractivity contribution is 8.13. The first-order chi connectivity index (χ1) is 10.8. The molecule has 0 aromatic rings. The summed E-state index contributed by atoms with van der Waals surface area (Å²) in [6.45, 7) is 17.1. The topological polar surface area (TPSA) is 48.0 Å². The Labute approximate surface area is 148 Å². The lowest BCUT2D eigenvalue weighted by Gasteiger charge is -2.33. The van der Waals surface area contributed by atoms with Crippen molar-refractivity contribution in [1.29, 1.82) is 0 Å². The van der Waals surface area contributed by atoms with Crippen LogP contribution in [0.15, 0.2) is 0 Å². The molecule has 5 nitrogen and oxygen atoms in total. The van der Waals surface area contributed by atoms with Crippen molar-refractivity contribution in [3.05, 3.63) is 0 Å². The lowest BCUT2D eigenvalue weighted by atomic mass is 10.6. The highest BCUT2D eigenvalue weighted by Crippen LogP contribution is 2.22. The van der Waals surface area contributed by atoms with Crippen molar-refractivity contribution in [3.8, 4) is 0 Å². The predicted octanol–water partition coefficient (Wildman–Crippen LogP) is 4.43. The third-order valence-electron chi connectivity index (χ3n) is 3.29. The number of rotatable bonds is 12. The van der Waals surface area contributed by atoms with Crippen molar-refractivity contribution in [2.75, 3.05) is 32.1 Å². The van der Waals surface area contributed by atoms with Gasteiger partial charge in [-0.05, 0) is 34.1 Å². The Morgan fingerprint density at radius 2 is 1.43 bits per heavy atom. The van der Waals surface area contributed by atoms with Crippen LogP contribution >= 0.6 is 11.8 Å². The number of carbonyl (C=O) groups is 1. The summed E-state index contributed by atoms with van der Waals surface area (Å²) >= 11 is 1.41. The molecule has 0 rings (SSSR count). The van der Waals surface area contributed by atoms with Crippen molar-refractivity contribution in [1.82, 2.24) is 4.57 Å². The average molecular weight is 382 g/mol. The fourth-order valence-corrected chi connectivity index (χ4v) is 8.53. The first-order valence-electron chi connectivity index (χ1n) is 8.62. The highest BCUT2D eigenvalue weighted by atomic mass is 32.2. The van der Waals surface area contributed by atoms with Gasteiger partial charge in [0.15, 0.2) is 8.24 Å². The summed E-state index contributed by atoms with van der Waals surface area (Å²) < 4.78 is 19.5. The summed E-state index contributed by atoms with van der Waals surface area (Å²) in [5, 5.41) is 0.197. The molecule has 1 amide bonds. The van der Waals surface area contributed by atoms with E-state index in [1.165, 1.54) is 11.8 Å². The Hall–Kier alpha value is 0.134. The van der Waals surface area contributed by atoms with Gasteiger partial charge in [0.25, 0.3) is 5.24 Å². The minimum absolute atomic E-state index is 0.197. The van der Waals surface area contributed by atoms with Crippen LogP contribution in [0.25, 0.3) is 0 Å². The monoisotopic (exact) mass is 381 g/mol. The van der Waals surface area contributed by atoms with Gasteiger partial charge >= 0.3 is 8.80 Å². The lowest BCUT2D eigenvalue weighted by molar-refractivity contribution is 0.0712. The summed E-state index contributed by atoms with van der Waals surface area (Å²) in [7, 11) is -4.16. The van der Waals surface area contributed by atoms with Gasteiger partial charge in [0.1, 0.15) is 0 Å². The highest BCUT2D eigenvalue weighted by Gasteiger charge is 2.39. The molecule has 0 aliphatic rings. The summed E-state index contributed by atoms with van der Waals surface area (Å²) in [5.41, 5.74) is 0. The van der Waals surface area contributed by atoms with Gasteiger partial charge in [-0.15, -0.1) is 0 Å². The number of hydrogen-bond donors (Lipinski definition) is 0. The molecule has 0 aromatic carbocycles. The van der Waals surface area contributed by atoms with E-state index in [1.54, 1.807) is 0 Å². The molecule has 0 saturated carbocycles. The SMILES string of the molecule is CCO[Si](CCCSC(=O)N(CC)[Si](C)(C)C)(OCC)OCC. The van der Waals surface area contributed by atoms with E-state index in [1.807, 2.05) is 32.3 Å². The molecule has 23 heavy (non-hydrogen) atoms. The lowest BCUT2D eigenvalue weighted by Crippen LogP contribution is -2.48. The molecule has 0 spiro atoms. The molecule has 0 atom stereocenters. The largest absolute Gasteiger partial charge is 0.500 e. The summed E-state index contributed by atoms with van der Waals surface area (Å²) in [4.78, 5) is 12.4. The zero-order valence-corrected chi connectivity index (χ0v) is 18.8. The van der Waals surface area contributed by atoms with Crippen LogP contribution in [0.2, 0.25) is 25.7 Å². The molecule has 0 fully saturated rings. The summed E-state index contributed by atoms with van der Waals surface area (Å²) in [6, 6.07) is 0.766. The Kier molecular flexibility index (Phi) is 11.7. The minimum atomic E-state index is -2.57. The number of hydrogen-bond acceptors (Lipinski definition) is 5. The van der Waals surface area contributed by atoms with Gasteiger partial charge in [-0.3, -0.25) is 4.79 Å². The van der Waals surface area contributed by atoms with Crippen molar-refractivity contribution >= 4 is 34.0 Å². The molecular formula is C15H35NO4SSi2. The number of amides is 1. The zero-order valence-electron chi connectivity index (χ0n) is 15.9. The molecule has 0 unspecified atom stereocenters. The number of carbonyl (C=O) groups excluding carboxylic acids is 1. The van der Waals surface area contributed by atoms with Gasteiger partial charge in [0.05, 0.1) is 0 Å². The Bertz CT molecular complexity index is 323. The molecule has 138 valence electrons. The van der Waals surface area contributed by atoms with Gasteiger partial charge in [-0.25, -0.2) is 0 Å². The maximum absolute atomic E-state index is 12.4. The smallest absolute Gasteiger partial charge is 0.374 e. The van der Waals surface area contributed by atoms with E-state index >= 15 is 0 Å². The molecule has 0 bridgehead atoms. The van der Waals surface area contributed by atoms with E-state index in [2.05, 4.69) is 19.6 Å². The third-order valence-corrected chi connectivity index (χ3v) is 9.70. The van der Waals surface area contributed by atoms with Gasteiger partial charge in [0.2, 0.25) is 0 Å². The Morgan fingerprint density at radius 3 is 1.78 bits per heavy atom. The van der Waals surface area contributed by atoms with Crippen molar-refractivity contribution < 1.29 is 18.1 Å². The van der Waals surface area contributed by atoms with E-state index in [0.29, 0.717) is 19.8 Å². The van der Waals surface area contributed by atoms with Crippen molar-refractivity contribution in [3.63, 3.8) is 0 Å². The molecule has 0 heterocycles. The second-order valence-electron chi connectivity index (χ2n) is 6.12. The van der Waals surface area contributed by atoms with Gasteiger partial charge in [-0.2, -0.15) is 0 Å². The predicted molar refractivity (Wildman–Crippen MR) is 104 cm³/mol. The normalized spacial score (nSPS) is 12.5. The molecule has 0 aliphatic carbocycles. The van der Waals surface area contributed by atoms with Crippen LogP contribution in [0.5, 0.6) is 0 Å². The van der Waals surface area contributed by atoms with Gasteiger partial charge in [0, 0.05) is 38.2 Å². The zero-order chi connectivity index (χ0) is 17.9. The second-order valence-corrected chi connectivity index (χ2v) is 14.8. The molecule has 8 heteroatoms. The van der Waals surface area contributed by atoms with Crippen LogP contribution in [-0.2, 0) is 13.3 Å². The molecule has 0 N–H and O–H groups in total. The van der Waals surface area contributed by atoms with Crippen molar-refractivity contribution in [2.24, 2.45) is 0 Å². The van der Waals surface area contributed by atoms with E-state index in [4.69, 9.17) is 13.3 Å². The maximum Gasteiger partial charge on any atom is 0.500 e. The van der Waals surface area contributed by atoms with E-state index in [-0.39, 0.29) is 5.24 Å². The molecular weight excluding hydrogens is 346 g/mol. The van der Waals surface area contributed by atoms with Crippen LogP contribution in [0.1, 0.15) is 34.1 Å². The molecule has 0 saturated heterocycles. The number of thioether (sulfide) groups is 1. The maximum atomic E-state index is 12.4. The van der Waals surface area contributed by atoms with E-state index in [9.17, 15) is 4.79 Å². The fraction of sp³-hybridized carbons (Fsp3) is 0.933. The molecule has 0 radical (unpaired) electrons. The van der Waals surface area contributed by atoms with Crippen LogP contribution in [0, 0.1) is 0 Å². The average Bonchev–Trinajstić information content (AvgIpc) is 2.44. The van der Waals surface area contributed by atoms with Crippen LogP contribution in [-0.4, -0.2) is 59.0 Å². The van der Waals surface area contributed by atoms with E-state index in [0.717, 1.165) is 24.8 Å². The van der Waals surface area contributed by atoms with Crippen LogP contribution in [0.4, 0.5) is 4.79 Å². The van der Waals surface area contributed by atoms with Crippen molar-refractivity contribution in [2.45, 2.75) is 59.8 Å². The fourth-order valence-electron chi connectivity index (χ4n) is 2.40. The number of nitrogens with zero attached hydrogens (tertiary/aromatic N) is 1. The Balaban J connectivity index is 4.46. The second kappa shape index (κ2) is 11.6. The molecule has 0 aliphatic heterocycles. The standard InChI is InChI=1S/C15H35NO4SSi2/c1-8-16(22(5,6)7)15(17)21-13-12-14-23(18-9-2,19-10-3)20-11-4/h8-14H2,1-7H3. The summed E-state index contributed by atoms with van der Waals surface area (Å²) in [5.74, 6) is 0.780. The van der Waals surface area contributed by atoms with Gasteiger partial charge < -0.3 is 17.8 Å². The Morgan fingerprint density at radius 1 is 0.957 bits per heavy atom. The van der Waals surface area contributed by atoms with Gasteiger partial charge in [-0.1, -0.05) is 31.4 Å². The quantitative estimate of drug-likeness (QED) is 0.369. The van der Waals surface area contributed by atoms with Crippen LogP contribution in [0.3, 0.4) is 0 Å². The summed E-state index contributed by atoms with van der Waals surface area (Å²) in [6.07, 6.45) is 0.867. The third kappa shape index (κ3) is 8.69. The van der Waals surface area contributed by atoms with Crippen LogP contribution < -0.4 is 0 Å².